The number of benzene rings is 1. The Morgan fingerprint density at radius 3 is 2.62 bits per heavy atom. The highest BCUT2D eigenvalue weighted by Crippen LogP contribution is 2.49. The number of amides is 2. The molecule has 1 heterocycles. The van der Waals surface area contributed by atoms with Crippen LogP contribution in [0.4, 0.5) is 5.69 Å². The Kier molecular flexibility index (Phi) is 4.53. The van der Waals surface area contributed by atoms with E-state index in [2.05, 4.69) is 15.6 Å². The van der Waals surface area contributed by atoms with Crippen molar-refractivity contribution in [2.75, 3.05) is 11.9 Å². The van der Waals surface area contributed by atoms with Crippen molar-refractivity contribution in [1.29, 1.82) is 0 Å². The zero-order valence-electron chi connectivity index (χ0n) is 13.3. The molecule has 0 unspecified atom stereocenters. The third kappa shape index (κ3) is 3.41. The number of hydrogen-bond donors (Lipinski definition) is 2. The number of anilines is 1. The fourth-order valence-corrected chi connectivity index (χ4v) is 3.02. The lowest BCUT2D eigenvalue weighted by atomic mass is 9.96. The maximum Gasteiger partial charge on any atom is 0.313 e. The van der Waals surface area contributed by atoms with Crippen molar-refractivity contribution < 1.29 is 9.59 Å². The van der Waals surface area contributed by atoms with E-state index in [-0.39, 0.29) is 5.41 Å². The van der Waals surface area contributed by atoms with E-state index in [4.69, 9.17) is 11.6 Å². The van der Waals surface area contributed by atoms with Crippen molar-refractivity contribution >= 4 is 29.1 Å². The van der Waals surface area contributed by atoms with Crippen molar-refractivity contribution in [3.8, 4) is 0 Å². The van der Waals surface area contributed by atoms with Gasteiger partial charge in [0.25, 0.3) is 0 Å². The summed E-state index contributed by atoms with van der Waals surface area (Å²) in [6.07, 6.45) is 5.04. The molecule has 1 aliphatic rings. The first-order valence-electron chi connectivity index (χ1n) is 7.77. The first kappa shape index (κ1) is 16.5. The number of aryl methyl sites for hydroxylation is 1. The van der Waals surface area contributed by atoms with Gasteiger partial charge in [0.2, 0.25) is 0 Å². The van der Waals surface area contributed by atoms with Crippen LogP contribution in [0.3, 0.4) is 0 Å². The Bertz CT molecular complexity index is 787. The van der Waals surface area contributed by atoms with E-state index in [0.29, 0.717) is 17.3 Å². The van der Waals surface area contributed by atoms with Crippen LogP contribution in [0.25, 0.3) is 0 Å². The minimum absolute atomic E-state index is 0.154. The molecule has 6 heteroatoms. The van der Waals surface area contributed by atoms with Crippen LogP contribution in [-0.2, 0) is 15.0 Å². The number of nitrogens with one attached hydrogen (secondary N) is 2. The number of nitrogens with zero attached hydrogens (tertiary/aromatic N) is 1. The summed E-state index contributed by atoms with van der Waals surface area (Å²) in [5.41, 5.74) is 2.25. The Balaban J connectivity index is 1.61. The summed E-state index contributed by atoms with van der Waals surface area (Å²) in [7, 11) is 0. The number of hydrogen-bond acceptors (Lipinski definition) is 3. The molecule has 3 rings (SSSR count). The summed E-state index contributed by atoms with van der Waals surface area (Å²) in [4.78, 5) is 28.0. The molecular weight excluding hydrogens is 326 g/mol. The predicted octanol–water partition coefficient (Wildman–Crippen LogP) is 2.83. The van der Waals surface area contributed by atoms with E-state index >= 15 is 0 Å². The maximum absolute atomic E-state index is 12.1. The van der Waals surface area contributed by atoms with Crippen molar-refractivity contribution in [2.24, 2.45) is 0 Å². The van der Waals surface area contributed by atoms with Crippen LogP contribution in [0.1, 0.15) is 24.0 Å². The van der Waals surface area contributed by atoms with Crippen molar-refractivity contribution in [3.05, 3.63) is 58.9 Å². The molecule has 5 nitrogen and oxygen atoms in total. The molecule has 124 valence electrons. The van der Waals surface area contributed by atoms with Gasteiger partial charge in [-0.1, -0.05) is 29.8 Å². The Hall–Kier alpha value is -2.40. The van der Waals surface area contributed by atoms with Gasteiger partial charge in [-0.25, -0.2) is 0 Å². The highest BCUT2D eigenvalue weighted by atomic mass is 35.5. The summed E-state index contributed by atoms with van der Waals surface area (Å²) in [6, 6.07) is 9.40. The Morgan fingerprint density at radius 1 is 1.21 bits per heavy atom. The molecule has 1 aromatic carbocycles. The first-order chi connectivity index (χ1) is 11.5. The van der Waals surface area contributed by atoms with Crippen LogP contribution in [0.5, 0.6) is 0 Å². The Morgan fingerprint density at radius 2 is 1.96 bits per heavy atom. The molecule has 1 saturated carbocycles. The number of pyridine rings is 1. The maximum atomic E-state index is 12.1. The minimum Gasteiger partial charge on any atom is -0.347 e. The highest BCUT2D eigenvalue weighted by Gasteiger charge is 2.45. The van der Waals surface area contributed by atoms with Crippen molar-refractivity contribution in [3.63, 3.8) is 0 Å². The number of halogens is 1. The standard InChI is InChI=1S/C18H18ClN3O2/c1-12-6-9-20-10-15(12)22-17(24)16(23)21-11-18(7-8-18)13-4-2-3-5-14(13)19/h2-6,9-10H,7-8,11H2,1H3,(H,21,23)(H,22,24). The normalized spacial score (nSPS) is 14.8. The average molecular weight is 344 g/mol. The van der Waals surface area contributed by atoms with Gasteiger partial charge < -0.3 is 10.6 Å². The van der Waals surface area contributed by atoms with Gasteiger partial charge in [-0.3, -0.25) is 14.6 Å². The van der Waals surface area contributed by atoms with E-state index in [1.807, 2.05) is 31.2 Å². The van der Waals surface area contributed by atoms with Gasteiger partial charge in [-0.05, 0) is 43.0 Å². The molecule has 0 spiro atoms. The van der Waals surface area contributed by atoms with E-state index < -0.39 is 11.8 Å². The molecule has 1 aromatic heterocycles. The quantitative estimate of drug-likeness (QED) is 0.838. The predicted molar refractivity (Wildman–Crippen MR) is 93.0 cm³/mol. The summed E-state index contributed by atoms with van der Waals surface area (Å²) >= 11 is 6.25. The molecule has 1 aliphatic carbocycles. The van der Waals surface area contributed by atoms with Crippen molar-refractivity contribution in [2.45, 2.75) is 25.2 Å². The summed E-state index contributed by atoms with van der Waals surface area (Å²) in [6.45, 7) is 2.24. The number of rotatable bonds is 4. The second-order valence-corrected chi connectivity index (χ2v) is 6.49. The lowest BCUT2D eigenvalue weighted by Crippen LogP contribution is -2.39. The van der Waals surface area contributed by atoms with Gasteiger partial charge in [-0.2, -0.15) is 0 Å². The molecular formula is C18H18ClN3O2. The van der Waals surface area contributed by atoms with Crippen LogP contribution in [0.2, 0.25) is 5.02 Å². The second kappa shape index (κ2) is 6.61. The van der Waals surface area contributed by atoms with Gasteiger partial charge in [0.15, 0.2) is 0 Å². The van der Waals surface area contributed by atoms with Gasteiger partial charge in [-0.15, -0.1) is 0 Å². The number of carbonyl (C=O) groups excluding carboxylic acids is 2. The summed E-state index contributed by atoms with van der Waals surface area (Å²) < 4.78 is 0. The highest BCUT2D eigenvalue weighted by molar-refractivity contribution is 6.39. The molecule has 24 heavy (non-hydrogen) atoms. The third-order valence-electron chi connectivity index (χ3n) is 4.38. The van der Waals surface area contributed by atoms with Gasteiger partial charge >= 0.3 is 11.8 Å². The van der Waals surface area contributed by atoms with Crippen LogP contribution in [-0.4, -0.2) is 23.3 Å². The molecule has 2 amide bonds. The van der Waals surface area contributed by atoms with E-state index in [1.54, 1.807) is 12.3 Å². The van der Waals surface area contributed by atoms with Crippen LogP contribution in [0.15, 0.2) is 42.7 Å². The second-order valence-electron chi connectivity index (χ2n) is 6.09. The lowest BCUT2D eigenvalue weighted by molar-refractivity contribution is -0.136. The van der Waals surface area contributed by atoms with Crippen LogP contribution >= 0.6 is 11.6 Å². The lowest BCUT2D eigenvalue weighted by Gasteiger charge is -2.18. The third-order valence-corrected chi connectivity index (χ3v) is 4.71. The molecule has 0 atom stereocenters. The van der Waals surface area contributed by atoms with E-state index in [9.17, 15) is 9.59 Å². The molecule has 2 aromatic rings. The fraction of sp³-hybridized carbons (Fsp3) is 0.278. The fourth-order valence-electron chi connectivity index (χ4n) is 2.69. The smallest absolute Gasteiger partial charge is 0.313 e. The largest absolute Gasteiger partial charge is 0.347 e. The monoisotopic (exact) mass is 343 g/mol. The minimum atomic E-state index is -0.693. The SMILES string of the molecule is Cc1ccncc1NC(=O)C(=O)NCC1(c2ccccc2Cl)CC1. The van der Waals surface area contributed by atoms with Gasteiger partial charge in [0.05, 0.1) is 11.9 Å². The molecule has 0 bridgehead atoms. The summed E-state index contributed by atoms with van der Waals surface area (Å²) in [5, 5.41) is 5.99. The zero-order valence-corrected chi connectivity index (χ0v) is 14.1. The van der Waals surface area contributed by atoms with Gasteiger partial charge in [0, 0.05) is 23.2 Å². The molecule has 1 fully saturated rings. The zero-order chi connectivity index (χ0) is 17.2. The van der Waals surface area contributed by atoms with Crippen LogP contribution in [0, 0.1) is 6.92 Å². The van der Waals surface area contributed by atoms with Gasteiger partial charge in [0.1, 0.15) is 0 Å². The first-order valence-corrected chi connectivity index (χ1v) is 8.14. The topological polar surface area (TPSA) is 71.1 Å². The molecule has 0 radical (unpaired) electrons. The van der Waals surface area contributed by atoms with Crippen LogP contribution < -0.4 is 10.6 Å². The summed E-state index contributed by atoms with van der Waals surface area (Å²) in [5.74, 6) is -1.35. The van der Waals surface area contributed by atoms with E-state index in [0.717, 1.165) is 24.0 Å². The van der Waals surface area contributed by atoms with Crippen molar-refractivity contribution in [1.82, 2.24) is 10.3 Å². The Labute approximate surface area is 145 Å². The number of carbonyl (C=O) groups is 2. The molecule has 0 saturated heterocycles. The molecule has 0 aliphatic heterocycles. The number of aromatic nitrogens is 1. The molecule has 2 N–H and O–H groups in total. The van der Waals surface area contributed by atoms with E-state index in [1.165, 1.54) is 6.20 Å². The average Bonchev–Trinajstić information content (AvgIpc) is 3.36.